The summed E-state index contributed by atoms with van der Waals surface area (Å²) in [7, 11) is 0. The maximum Gasteiger partial charge on any atom is 0.0465 e. The minimum Gasteiger partial charge on any atom is -0.308 e. The van der Waals surface area contributed by atoms with Crippen molar-refractivity contribution in [2.24, 2.45) is 5.92 Å². The number of rotatable bonds is 3. The van der Waals surface area contributed by atoms with E-state index in [-0.39, 0.29) is 11.1 Å². The molecule has 2 nitrogen and oxygen atoms in total. The van der Waals surface area contributed by atoms with Crippen molar-refractivity contribution in [3.63, 3.8) is 0 Å². The van der Waals surface area contributed by atoms with Crippen LogP contribution in [-0.2, 0) is 6.54 Å². The van der Waals surface area contributed by atoms with Crippen LogP contribution in [-0.4, -0.2) is 29.1 Å². The number of halogens is 2. The number of hydrogen-bond acceptors (Lipinski definition) is 2. The molecule has 2 aliphatic rings. The van der Waals surface area contributed by atoms with E-state index >= 15 is 0 Å². The van der Waals surface area contributed by atoms with Crippen molar-refractivity contribution in [2.45, 2.75) is 51.2 Å². The third-order valence-electron chi connectivity index (χ3n) is 5.19. The lowest BCUT2D eigenvalue weighted by Gasteiger charge is -2.51. The molecule has 1 aromatic carbocycles. The van der Waals surface area contributed by atoms with E-state index in [2.05, 4.69) is 31.0 Å². The summed E-state index contributed by atoms with van der Waals surface area (Å²) < 4.78 is 0. The summed E-state index contributed by atoms with van der Waals surface area (Å²) in [6.07, 6.45) is 2.70. The molecular weight excluding hydrogens is 303 g/mol. The van der Waals surface area contributed by atoms with E-state index in [0.717, 1.165) is 41.2 Å². The molecule has 116 valence electrons. The standard InChI is InChI=1S/C17H24Cl2N2/c1-16(2)10-20-17(3,12-7-8-12)11-21(16)9-13-14(18)5-4-6-15(13)19/h4-6,12,20H,7-11H2,1-3H3. The molecule has 0 radical (unpaired) electrons. The molecule has 1 aliphatic carbocycles. The van der Waals surface area contributed by atoms with Crippen LogP contribution in [0.1, 0.15) is 39.2 Å². The van der Waals surface area contributed by atoms with Crippen LogP contribution in [0, 0.1) is 5.92 Å². The lowest BCUT2D eigenvalue weighted by molar-refractivity contribution is 0.0178. The second kappa shape index (κ2) is 5.42. The molecule has 1 heterocycles. The summed E-state index contributed by atoms with van der Waals surface area (Å²) in [5, 5.41) is 5.32. The Balaban J connectivity index is 1.84. The molecule has 2 fully saturated rings. The van der Waals surface area contributed by atoms with Crippen LogP contribution in [0.4, 0.5) is 0 Å². The van der Waals surface area contributed by atoms with Crippen LogP contribution in [0.25, 0.3) is 0 Å². The van der Waals surface area contributed by atoms with Gasteiger partial charge in [-0.05, 0) is 51.7 Å². The summed E-state index contributed by atoms with van der Waals surface area (Å²) in [5.41, 5.74) is 1.38. The normalized spacial score (nSPS) is 29.6. The van der Waals surface area contributed by atoms with Gasteiger partial charge in [0.25, 0.3) is 0 Å². The zero-order chi connectivity index (χ0) is 15.3. The first kappa shape index (κ1) is 15.6. The Kier molecular flexibility index (Phi) is 4.03. The molecule has 0 aromatic heterocycles. The van der Waals surface area contributed by atoms with E-state index in [1.54, 1.807) is 0 Å². The van der Waals surface area contributed by atoms with Crippen LogP contribution in [0.5, 0.6) is 0 Å². The number of hydrogen-bond donors (Lipinski definition) is 1. The first-order valence-corrected chi connectivity index (χ1v) is 8.50. The number of nitrogens with zero attached hydrogens (tertiary/aromatic N) is 1. The molecule has 1 saturated heterocycles. The van der Waals surface area contributed by atoms with Gasteiger partial charge < -0.3 is 5.32 Å². The predicted molar refractivity (Wildman–Crippen MR) is 90.1 cm³/mol. The quantitative estimate of drug-likeness (QED) is 0.888. The highest BCUT2D eigenvalue weighted by Gasteiger charge is 2.48. The topological polar surface area (TPSA) is 15.3 Å². The largest absolute Gasteiger partial charge is 0.308 e. The fourth-order valence-corrected chi connectivity index (χ4v) is 3.85. The second-order valence-corrected chi connectivity index (χ2v) is 8.23. The second-order valence-electron chi connectivity index (χ2n) is 7.41. The van der Waals surface area contributed by atoms with Crippen LogP contribution in [0.15, 0.2) is 18.2 Å². The zero-order valence-corrected chi connectivity index (χ0v) is 14.6. The Morgan fingerprint density at radius 2 is 1.81 bits per heavy atom. The predicted octanol–water partition coefficient (Wildman–Crippen LogP) is 4.35. The Labute approximate surface area is 137 Å². The summed E-state index contributed by atoms with van der Waals surface area (Å²) in [6.45, 7) is 9.80. The molecule has 1 aromatic rings. The van der Waals surface area contributed by atoms with E-state index in [1.165, 1.54) is 12.8 Å². The van der Waals surface area contributed by atoms with Crippen molar-refractivity contribution in [1.29, 1.82) is 0 Å². The van der Waals surface area contributed by atoms with Gasteiger partial charge in [-0.3, -0.25) is 4.90 Å². The van der Waals surface area contributed by atoms with Gasteiger partial charge in [-0.1, -0.05) is 29.3 Å². The molecule has 1 aliphatic heterocycles. The summed E-state index contributed by atoms with van der Waals surface area (Å²) in [4.78, 5) is 2.54. The molecular formula is C17H24Cl2N2. The molecule has 21 heavy (non-hydrogen) atoms. The van der Waals surface area contributed by atoms with Gasteiger partial charge in [0.05, 0.1) is 0 Å². The van der Waals surface area contributed by atoms with Crippen molar-refractivity contribution in [1.82, 2.24) is 10.2 Å². The average Bonchev–Trinajstić information content (AvgIpc) is 3.23. The molecule has 4 heteroatoms. The lowest BCUT2D eigenvalue weighted by Crippen LogP contribution is -2.67. The Morgan fingerprint density at radius 3 is 2.38 bits per heavy atom. The molecule has 0 bridgehead atoms. The van der Waals surface area contributed by atoms with E-state index in [9.17, 15) is 0 Å². The Bertz CT molecular complexity index is 519. The van der Waals surface area contributed by atoms with E-state index in [4.69, 9.17) is 23.2 Å². The molecule has 0 amide bonds. The summed E-state index contributed by atoms with van der Waals surface area (Å²) in [6, 6.07) is 5.77. The Hall–Kier alpha value is -0.280. The number of piperazine rings is 1. The molecule has 1 N–H and O–H groups in total. The van der Waals surface area contributed by atoms with Gasteiger partial charge >= 0.3 is 0 Å². The Morgan fingerprint density at radius 1 is 1.19 bits per heavy atom. The van der Waals surface area contributed by atoms with Crippen molar-refractivity contribution < 1.29 is 0 Å². The molecule has 1 atom stereocenters. The highest BCUT2D eigenvalue weighted by molar-refractivity contribution is 6.35. The van der Waals surface area contributed by atoms with Crippen molar-refractivity contribution in [2.75, 3.05) is 13.1 Å². The van der Waals surface area contributed by atoms with E-state index in [0.29, 0.717) is 0 Å². The molecule has 1 unspecified atom stereocenters. The van der Waals surface area contributed by atoms with Crippen molar-refractivity contribution in [3.05, 3.63) is 33.8 Å². The van der Waals surface area contributed by atoms with Crippen LogP contribution in [0.2, 0.25) is 10.0 Å². The molecule has 0 spiro atoms. The SMILES string of the molecule is CC1(C2CC2)CN(Cc2c(Cl)cccc2Cl)C(C)(C)CN1. The maximum absolute atomic E-state index is 6.36. The fraction of sp³-hybridized carbons (Fsp3) is 0.647. The third kappa shape index (κ3) is 3.10. The zero-order valence-electron chi connectivity index (χ0n) is 13.0. The van der Waals surface area contributed by atoms with Crippen molar-refractivity contribution >= 4 is 23.2 Å². The molecule has 1 saturated carbocycles. The van der Waals surface area contributed by atoms with Crippen LogP contribution >= 0.6 is 23.2 Å². The fourth-order valence-electron chi connectivity index (χ4n) is 3.33. The van der Waals surface area contributed by atoms with E-state index < -0.39 is 0 Å². The highest BCUT2D eigenvalue weighted by Crippen LogP contribution is 2.43. The van der Waals surface area contributed by atoms with Gasteiger partial charge in [-0.2, -0.15) is 0 Å². The van der Waals surface area contributed by atoms with Gasteiger partial charge in [0, 0.05) is 46.3 Å². The first-order valence-electron chi connectivity index (χ1n) is 7.75. The highest BCUT2D eigenvalue weighted by atomic mass is 35.5. The first-order chi connectivity index (χ1) is 9.82. The van der Waals surface area contributed by atoms with Gasteiger partial charge in [0.1, 0.15) is 0 Å². The van der Waals surface area contributed by atoms with Gasteiger partial charge in [-0.15, -0.1) is 0 Å². The van der Waals surface area contributed by atoms with Crippen LogP contribution < -0.4 is 5.32 Å². The lowest BCUT2D eigenvalue weighted by atomic mass is 9.86. The van der Waals surface area contributed by atoms with Crippen molar-refractivity contribution in [3.8, 4) is 0 Å². The number of nitrogens with one attached hydrogen (secondary N) is 1. The molecule has 3 rings (SSSR count). The average molecular weight is 327 g/mol. The summed E-state index contributed by atoms with van der Waals surface area (Å²) >= 11 is 12.7. The van der Waals surface area contributed by atoms with Gasteiger partial charge in [0.15, 0.2) is 0 Å². The van der Waals surface area contributed by atoms with Gasteiger partial charge in [-0.25, -0.2) is 0 Å². The summed E-state index contributed by atoms with van der Waals surface area (Å²) in [5.74, 6) is 0.817. The minimum absolute atomic E-state index is 0.108. The third-order valence-corrected chi connectivity index (χ3v) is 5.90. The number of benzene rings is 1. The minimum atomic E-state index is 0.108. The van der Waals surface area contributed by atoms with E-state index in [1.807, 2.05) is 18.2 Å². The monoisotopic (exact) mass is 326 g/mol. The van der Waals surface area contributed by atoms with Crippen LogP contribution in [0.3, 0.4) is 0 Å². The maximum atomic E-state index is 6.36. The van der Waals surface area contributed by atoms with Gasteiger partial charge in [0.2, 0.25) is 0 Å². The smallest absolute Gasteiger partial charge is 0.0465 e.